The Kier molecular flexibility index (Phi) is 6.06. The number of thiophene rings is 1. The van der Waals surface area contributed by atoms with E-state index in [1.807, 2.05) is 6.92 Å². The Morgan fingerprint density at radius 3 is 2.42 bits per heavy atom. The maximum Gasteiger partial charge on any atom is 0.266 e. The number of carbonyl (C=O) groups is 1. The number of fused-ring (bicyclic) bond motifs is 1. The fourth-order valence-electron chi connectivity index (χ4n) is 3.21. The smallest absolute Gasteiger partial charge is 0.266 e. The third-order valence-corrected chi connectivity index (χ3v) is 6.20. The van der Waals surface area contributed by atoms with Gasteiger partial charge in [0.25, 0.3) is 11.5 Å². The zero-order valence-electron chi connectivity index (χ0n) is 17.0. The van der Waals surface area contributed by atoms with Crippen molar-refractivity contribution in [1.29, 1.82) is 0 Å². The van der Waals surface area contributed by atoms with E-state index >= 15 is 0 Å². The van der Waals surface area contributed by atoms with Gasteiger partial charge in [-0.3, -0.25) is 14.2 Å². The van der Waals surface area contributed by atoms with Gasteiger partial charge in [-0.2, -0.15) is 0 Å². The standard InChI is InChI=1S/C23H20ClN3O3S/c1-3-12-27-13-25-22-19(23(27)29)14(2)20(31-22)21(28)26-16-6-10-18(11-7-16)30-17-8-4-15(24)5-9-17/h4-11,13H,3,12H2,1-2H3,(H,26,28). The normalized spacial score (nSPS) is 10.9. The van der Waals surface area contributed by atoms with E-state index in [-0.39, 0.29) is 11.5 Å². The van der Waals surface area contributed by atoms with Crippen molar-refractivity contribution in [3.05, 3.63) is 80.7 Å². The lowest BCUT2D eigenvalue weighted by Crippen LogP contribution is -2.20. The molecule has 0 radical (unpaired) electrons. The summed E-state index contributed by atoms with van der Waals surface area (Å²) < 4.78 is 7.35. The van der Waals surface area contributed by atoms with Crippen LogP contribution in [0.5, 0.6) is 11.5 Å². The summed E-state index contributed by atoms with van der Waals surface area (Å²) in [6.07, 6.45) is 2.38. The van der Waals surface area contributed by atoms with Gasteiger partial charge in [-0.15, -0.1) is 11.3 Å². The number of nitrogens with one attached hydrogen (secondary N) is 1. The highest BCUT2D eigenvalue weighted by molar-refractivity contribution is 7.20. The lowest BCUT2D eigenvalue weighted by Gasteiger charge is -2.08. The van der Waals surface area contributed by atoms with E-state index in [1.165, 1.54) is 11.3 Å². The van der Waals surface area contributed by atoms with Crippen molar-refractivity contribution < 1.29 is 9.53 Å². The number of nitrogens with zero attached hydrogens (tertiary/aromatic N) is 2. The van der Waals surface area contributed by atoms with E-state index in [1.54, 1.807) is 66.3 Å². The third kappa shape index (κ3) is 4.47. The van der Waals surface area contributed by atoms with Gasteiger partial charge in [0.1, 0.15) is 16.3 Å². The van der Waals surface area contributed by atoms with Gasteiger partial charge in [-0.1, -0.05) is 18.5 Å². The van der Waals surface area contributed by atoms with Crippen LogP contribution in [0.1, 0.15) is 28.6 Å². The number of carbonyl (C=O) groups excluding carboxylic acids is 1. The summed E-state index contributed by atoms with van der Waals surface area (Å²) in [6.45, 7) is 4.39. The molecular formula is C23H20ClN3O3S. The number of halogens is 1. The highest BCUT2D eigenvalue weighted by Crippen LogP contribution is 2.28. The fraction of sp³-hybridized carbons (Fsp3) is 0.174. The van der Waals surface area contributed by atoms with Crippen LogP contribution in [0.2, 0.25) is 5.02 Å². The van der Waals surface area contributed by atoms with Crippen molar-refractivity contribution in [3.63, 3.8) is 0 Å². The highest BCUT2D eigenvalue weighted by Gasteiger charge is 2.19. The molecule has 0 atom stereocenters. The summed E-state index contributed by atoms with van der Waals surface area (Å²) in [5, 5.41) is 4.03. The molecule has 0 spiro atoms. The zero-order chi connectivity index (χ0) is 22.0. The molecule has 4 rings (SSSR count). The molecule has 1 N–H and O–H groups in total. The molecular weight excluding hydrogens is 434 g/mol. The topological polar surface area (TPSA) is 73.2 Å². The van der Waals surface area contributed by atoms with Gasteiger partial charge < -0.3 is 10.1 Å². The van der Waals surface area contributed by atoms with E-state index < -0.39 is 0 Å². The first kappa shape index (κ1) is 21.1. The maximum absolute atomic E-state index is 12.9. The highest BCUT2D eigenvalue weighted by atomic mass is 35.5. The molecule has 4 aromatic rings. The van der Waals surface area contributed by atoms with Crippen LogP contribution < -0.4 is 15.6 Å². The molecule has 158 valence electrons. The molecule has 1 amide bonds. The molecule has 0 aliphatic rings. The molecule has 0 fully saturated rings. The van der Waals surface area contributed by atoms with Gasteiger partial charge in [0.2, 0.25) is 0 Å². The summed E-state index contributed by atoms with van der Waals surface area (Å²) in [6, 6.07) is 14.1. The van der Waals surface area contributed by atoms with Gasteiger partial charge >= 0.3 is 0 Å². The Morgan fingerprint density at radius 1 is 1.13 bits per heavy atom. The Morgan fingerprint density at radius 2 is 1.77 bits per heavy atom. The molecule has 2 aromatic carbocycles. The molecule has 2 heterocycles. The van der Waals surface area contributed by atoms with Crippen LogP contribution in [0.15, 0.2) is 59.7 Å². The molecule has 0 unspecified atom stereocenters. The van der Waals surface area contributed by atoms with Crippen molar-refractivity contribution >= 4 is 44.7 Å². The lowest BCUT2D eigenvalue weighted by molar-refractivity contribution is 0.103. The Balaban J connectivity index is 1.52. The predicted molar refractivity (Wildman–Crippen MR) is 125 cm³/mol. The van der Waals surface area contributed by atoms with Crippen LogP contribution >= 0.6 is 22.9 Å². The Hall–Kier alpha value is -3.16. The van der Waals surface area contributed by atoms with Crippen molar-refractivity contribution in [2.24, 2.45) is 0 Å². The van der Waals surface area contributed by atoms with Crippen LogP contribution in [0.4, 0.5) is 5.69 Å². The zero-order valence-corrected chi connectivity index (χ0v) is 18.6. The molecule has 0 bridgehead atoms. The predicted octanol–water partition coefficient (Wildman–Crippen LogP) is 5.87. The average molecular weight is 454 g/mol. The summed E-state index contributed by atoms with van der Waals surface area (Å²) in [7, 11) is 0. The number of ether oxygens (including phenoxy) is 1. The molecule has 2 aromatic heterocycles. The molecule has 0 saturated heterocycles. The third-order valence-electron chi connectivity index (χ3n) is 4.75. The molecule has 0 aliphatic heterocycles. The van der Waals surface area contributed by atoms with Crippen molar-refractivity contribution in [2.45, 2.75) is 26.8 Å². The van der Waals surface area contributed by atoms with Gasteiger partial charge in [0.05, 0.1) is 16.6 Å². The number of aryl methyl sites for hydroxylation is 2. The molecule has 31 heavy (non-hydrogen) atoms. The van der Waals surface area contributed by atoms with E-state index in [0.717, 1.165) is 6.42 Å². The minimum atomic E-state index is -0.270. The Bertz CT molecular complexity index is 1290. The number of benzene rings is 2. The second-order valence-electron chi connectivity index (χ2n) is 7.01. The number of amides is 1. The summed E-state index contributed by atoms with van der Waals surface area (Å²) in [4.78, 5) is 31.0. The van der Waals surface area contributed by atoms with Crippen LogP contribution in [0.3, 0.4) is 0 Å². The van der Waals surface area contributed by atoms with Gasteiger partial charge in [0, 0.05) is 17.3 Å². The van der Waals surface area contributed by atoms with Gasteiger partial charge in [-0.25, -0.2) is 4.98 Å². The summed E-state index contributed by atoms with van der Waals surface area (Å²) >= 11 is 7.11. The maximum atomic E-state index is 12.9. The van der Waals surface area contributed by atoms with Crippen LogP contribution in [-0.4, -0.2) is 15.5 Å². The average Bonchev–Trinajstić information content (AvgIpc) is 3.10. The van der Waals surface area contributed by atoms with Crippen LogP contribution in [-0.2, 0) is 6.54 Å². The molecule has 0 aliphatic carbocycles. The van der Waals surface area contributed by atoms with Crippen LogP contribution in [0, 0.1) is 6.92 Å². The van der Waals surface area contributed by atoms with E-state index in [9.17, 15) is 9.59 Å². The first-order valence-electron chi connectivity index (χ1n) is 9.79. The van der Waals surface area contributed by atoms with Crippen molar-refractivity contribution in [2.75, 3.05) is 5.32 Å². The van der Waals surface area contributed by atoms with Gasteiger partial charge in [-0.05, 0) is 67.4 Å². The fourth-order valence-corrected chi connectivity index (χ4v) is 4.37. The quantitative estimate of drug-likeness (QED) is 0.396. The lowest BCUT2D eigenvalue weighted by atomic mass is 10.2. The molecule has 0 saturated carbocycles. The number of aromatic nitrogens is 2. The van der Waals surface area contributed by atoms with E-state index in [2.05, 4.69) is 10.3 Å². The number of hydrogen-bond acceptors (Lipinski definition) is 5. The largest absolute Gasteiger partial charge is 0.457 e. The second-order valence-corrected chi connectivity index (χ2v) is 8.45. The minimum Gasteiger partial charge on any atom is -0.457 e. The van der Waals surface area contributed by atoms with E-state index in [0.29, 0.717) is 49.4 Å². The SMILES string of the molecule is CCCn1cnc2sc(C(=O)Nc3ccc(Oc4ccc(Cl)cc4)cc3)c(C)c2c1=O. The number of anilines is 1. The second kappa shape index (κ2) is 8.91. The van der Waals surface area contributed by atoms with Crippen LogP contribution in [0.25, 0.3) is 10.2 Å². The molecule has 6 nitrogen and oxygen atoms in total. The summed E-state index contributed by atoms with van der Waals surface area (Å²) in [5.41, 5.74) is 1.17. The first-order chi connectivity index (χ1) is 15.0. The monoisotopic (exact) mass is 453 g/mol. The minimum absolute atomic E-state index is 0.108. The van der Waals surface area contributed by atoms with Gasteiger partial charge in [0.15, 0.2) is 0 Å². The number of rotatable bonds is 6. The Labute approximate surface area is 188 Å². The molecule has 8 heteroatoms. The van der Waals surface area contributed by atoms with Crippen molar-refractivity contribution in [3.8, 4) is 11.5 Å². The number of hydrogen-bond donors (Lipinski definition) is 1. The first-order valence-corrected chi connectivity index (χ1v) is 11.0. The summed E-state index contributed by atoms with van der Waals surface area (Å²) in [5.74, 6) is 1.04. The van der Waals surface area contributed by atoms with Crippen molar-refractivity contribution in [1.82, 2.24) is 9.55 Å². The van der Waals surface area contributed by atoms with E-state index in [4.69, 9.17) is 16.3 Å².